The van der Waals surface area contributed by atoms with Crippen LogP contribution in [0.4, 0.5) is 4.79 Å². The lowest BCUT2D eigenvalue weighted by Crippen LogP contribution is -2.49. The van der Waals surface area contributed by atoms with Crippen LogP contribution in [0.1, 0.15) is 26.2 Å². The van der Waals surface area contributed by atoms with E-state index in [1.165, 1.54) is 0 Å². The Morgan fingerprint density at radius 2 is 2.05 bits per heavy atom. The summed E-state index contributed by atoms with van der Waals surface area (Å²) in [5.41, 5.74) is 0. The first-order valence-corrected chi connectivity index (χ1v) is 8.69. The van der Waals surface area contributed by atoms with Gasteiger partial charge >= 0.3 is 12.0 Å². The molecule has 0 radical (unpaired) electrons. The molecular formula is C14H26N2O4S. The van der Waals surface area contributed by atoms with E-state index in [2.05, 4.69) is 13.2 Å². The third-order valence-corrected chi connectivity index (χ3v) is 4.50. The summed E-state index contributed by atoms with van der Waals surface area (Å²) in [5.74, 6) is 0.0972. The van der Waals surface area contributed by atoms with Crippen LogP contribution < -0.4 is 0 Å². The number of hydrogen-bond donors (Lipinski definition) is 1. The van der Waals surface area contributed by atoms with Gasteiger partial charge in [0.05, 0.1) is 6.10 Å². The van der Waals surface area contributed by atoms with Crippen LogP contribution in [0.25, 0.3) is 0 Å². The molecule has 0 aromatic heterocycles. The maximum atomic E-state index is 12.4. The number of thioether (sulfide) groups is 1. The highest BCUT2D eigenvalue weighted by Crippen LogP contribution is 2.16. The molecule has 1 atom stereocenters. The lowest BCUT2D eigenvalue weighted by atomic mass is 10.1. The number of hydrogen-bond acceptors (Lipinski definition) is 4. The van der Waals surface area contributed by atoms with Crippen LogP contribution in [0.15, 0.2) is 0 Å². The molecule has 1 rings (SSSR count). The van der Waals surface area contributed by atoms with Crippen LogP contribution in [-0.4, -0.2) is 77.8 Å². The van der Waals surface area contributed by atoms with Crippen molar-refractivity contribution in [2.75, 3.05) is 38.8 Å². The van der Waals surface area contributed by atoms with Crippen LogP contribution in [0.3, 0.4) is 0 Å². The van der Waals surface area contributed by atoms with E-state index in [9.17, 15) is 9.59 Å². The zero-order valence-corrected chi connectivity index (χ0v) is 13.9. The number of carbonyl (C=O) groups excluding carboxylic acids is 1. The Morgan fingerprint density at radius 1 is 1.43 bits per heavy atom. The van der Waals surface area contributed by atoms with E-state index in [4.69, 9.17) is 9.84 Å². The van der Waals surface area contributed by atoms with Crippen LogP contribution in [0, 0.1) is 0 Å². The maximum absolute atomic E-state index is 12.4. The summed E-state index contributed by atoms with van der Waals surface area (Å²) in [6.07, 6.45) is 4.40. The van der Waals surface area contributed by atoms with Gasteiger partial charge < -0.3 is 19.6 Å². The van der Waals surface area contributed by atoms with Gasteiger partial charge in [-0.25, -0.2) is 9.59 Å². The van der Waals surface area contributed by atoms with Crippen molar-refractivity contribution < 1.29 is 19.4 Å². The molecule has 0 aromatic rings. The largest absolute Gasteiger partial charge is 0.480 e. The van der Waals surface area contributed by atoms with Crippen molar-refractivity contribution in [2.45, 2.75) is 38.3 Å². The van der Waals surface area contributed by atoms with E-state index in [-0.39, 0.29) is 24.8 Å². The molecule has 1 saturated heterocycles. The van der Waals surface area contributed by atoms with E-state index in [1.54, 1.807) is 16.7 Å². The highest BCUT2D eigenvalue weighted by atomic mass is 32.2. The standard InChI is InChI=1S/C14H26N2O4S/c1-11(6-9-21-3)15(2)14(19)16-7-4-12(5-8-16)20-10-13(17)18/h11-12H,4-10H2,1-3H3,(H,17,18). The molecule has 1 N–H and O–H groups in total. The van der Waals surface area contributed by atoms with Crippen LogP contribution >= 0.6 is 11.8 Å². The van der Waals surface area contributed by atoms with Crippen molar-refractivity contribution in [1.29, 1.82) is 0 Å². The molecule has 1 aliphatic heterocycles. The highest BCUT2D eigenvalue weighted by Gasteiger charge is 2.27. The lowest BCUT2D eigenvalue weighted by molar-refractivity contribution is -0.145. The summed E-state index contributed by atoms with van der Waals surface area (Å²) < 4.78 is 5.28. The molecular weight excluding hydrogens is 292 g/mol. The fourth-order valence-electron chi connectivity index (χ4n) is 2.30. The normalized spacial score (nSPS) is 17.6. The minimum atomic E-state index is -0.948. The fraction of sp³-hybridized carbons (Fsp3) is 0.857. The topological polar surface area (TPSA) is 70.1 Å². The van der Waals surface area contributed by atoms with Crippen molar-refractivity contribution in [3.05, 3.63) is 0 Å². The molecule has 21 heavy (non-hydrogen) atoms. The van der Waals surface area contributed by atoms with E-state index in [1.807, 2.05) is 11.9 Å². The molecule has 1 unspecified atom stereocenters. The molecule has 7 heteroatoms. The first kappa shape index (κ1) is 18.1. The number of aliphatic carboxylic acids is 1. The number of amides is 2. The fourth-order valence-corrected chi connectivity index (χ4v) is 2.87. The molecule has 0 aliphatic carbocycles. The average molecular weight is 318 g/mol. The number of urea groups is 1. The van der Waals surface area contributed by atoms with Gasteiger partial charge in [-0.05, 0) is 38.2 Å². The van der Waals surface area contributed by atoms with E-state index < -0.39 is 5.97 Å². The van der Waals surface area contributed by atoms with Crippen molar-refractivity contribution >= 4 is 23.8 Å². The molecule has 0 aromatic carbocycles. The number of likely N-dealkylation sites (tertiary alicyclic amines) is 1. The Bertz CT molecular complexity index is 346. The molecule has 1 heterocycles. The minimum Gasteiger partial charge on any atom is -0.480 e. The Kier molecular flexibility index (Phi) is 7.88. The van der Waals surface area contributed by atoms with Gasteiger partial charge in [0.2, 0.25) is 0 Å². The highest BCUT2D eigenvalue weighted by molar-refractivity contribution is 7.98. The zero-order chi connectivity index (χ0) is 15.8. The number of ether oxygens (including phenoxy) is 1. The summed E-state index contributed by atoms with van der Waals surface area (Å²) in [6, 6.07) is 0.284. The smallest absolute Gasteiger partial charge is 0.329 e. The minimum absolute atomic E-state index is 0.0515. The van der Waals surface area contributed by atoms with Crippen molar-refractivity contribution in [3.8, 4) is 0 Å². The SMILES string of the molecule is CSCCC(C)N(C)C(=O)N1CCC(OCC(=O)O)CC1. The summed E-state index contributed by atoms with van der Waals surface area (Å²) in [7, 11) is 1.85. The van der Waals surface area contributed by atoms with Gasteiger partial charge in [0.25, 0.3) is 0 Å². The van der Waals surface area contributed by atoms with E-state index >= 15 is 0 Å². The maximum Gasteiger partial charge on any atom is 0.329 e. The Hall–Kier alpha value is -0.950. The monoisotopic (exact) mass is 318 g/mol. The number of nitrogens with zero attached hydrogens (tertiary/aromatic N) is 2. The number of piperidine rings is 1. The lowest BCUT2D eigenvalue weighted by Gasteiger charge is -2.36. The van der Waals surface area contributed by atoms with Gasteiger partial charge in [0.1, 0.15) is 6.61 Å². The van der Waals surface area contributed by atoms with E-state index in [0.29, 0.717) is 25.9 Å². The Labute approximate surface area is 130 Å². The second-order valence-electron chi connectivity index (χ2n) is 5.42. The third-order valence-electron chi connectivity index (χ3n) is 3.86. The van der Waals surface area contributed by atoms with Gasteiger partial charge in [0.15, 0.2) is 0 Å². The van der Waals surface area contributed by atoms with Gasteiger partial charge in [-0.2, -0.15) is 11.8 Å². The molecule has 122 valence electrons. The second kappa shape index (κ2) is 9.15. The summed E-state index contributed by atoms with van der Waals surface area (Å²) in [6.45, 7) is 3.06. The third kappa shape index (κ3) is 6.13. The number of rotatable bonds is 7. The van der Waals surface area contributed by atoms with Crippen LogP contribution in [-0.2, 0) is 9.53 Å². The summed E-state index contributed by atoms with van der Waals surface area (Å²) >= 11 is 1.79. The molecule has 6 nitrogen and oxygen atoms in total. The molecule has 0 saturated carbocycles. The van der Waals surface area contributed by atoms with Gasteiger partial charge in [-0.15, -0.1) is 0 Å². The quantitative estimate of drug-likeness (QED) is 0.774. The van der Waals surface area contributed by atoms with Crippen LogP contribution in [0.5, 0.6) is 0 Å². The van der Waals surface area contributed by atoms with Crippen molar-refractivity contribution in [1.82, 2.24) is 9.80 Å². The first-order chi connectivity index (χ1) is 9.95. The number of carbonyl (C=O) groups is 2. The second-order valence-corrected chi connectivity index (χ2v) is 6.40. The molecule has 2 amide bonds. The van der Waals surface area contributed by atoms with Crippen molar-refractivity contribution in [3.63, 3.8) is 0 Å². The Balaban J connectivity index is 2.35. The number of carboxylic acids is 1. The van der Waals surface area contributed by atoms with Crippen molar-refractivity contribution in [2.24, 2.45) is 0 Å². The summed E-state index contributed by atoms with van der Waals surface area (Å²) in [5, 5.41) is 8.59. The van der Waals surface area contributed by atoms with Gasteiger partial charge in [-0.1, -0.05) is 0 Å². The van der Waals surface area contributed by atoms with Gasteiger partial charge in [-0.3, -0.25) is 0 Å². The van der Waals surface area contributed by atoms with E-state index in [0.717, 1.165) is 12.2 Å². The number of carboxylic acid groups (broad SMARTS) is 1. The van der Waals surface area contributed by atoms with Crippen LogP contribution in [0.2, 0.25) is 0 Å². The summed E-state index contributed by atoms with van der Waals surface area (Å²) in [4.78, 5) is 26.5. The zero-order valence-electron chi connectivity index (χ0n) is 13.1. The molecule has 1 aliphatic rings. The Morgan fingerprint density at radius 3 is 2.57 bits per heavy atom. The van der Waals surface area contributed by atoms with Gasteiger partial charge in [0, 0.05) is 26.2 Å². The predicted octanol–water partition coefficient (Wildman–Crippen LogP) is 1.75. The average Bonchev–Trinajstić information content (AvgIpc) is 2.49. The first-order valence-electron chi connectivity index (χ1n) is 7.29. The molecule has 1 fully saturated rings. The molecule has 0 bridgehead atoms. The molecule has 0 spiro atoms. The predicted molar refractivity (Wildman–Crippen MR) is 83.8 cm³/mol.